The molecule has 164 valence electrons. The molecule has 1 unspecified atom stereocenters. The minimum atomic E-state index is -0.312. The quantitative estimate of drug-likeness (QED) is 0.561. The van der Waals surface area contributed by atoms with Crippen LogP contribution in [0.1, 0.15) is 45.1 Å². The first-order chi connectivity index (χ1) is 15.5. The van der Waals surface area contributed by atoms with Crippen molar-refractivity contribution in [1.82, 2.24) is 19.7 Å². The van der Waals surface area contributed by atoms with Gasteiger partial charge in [0.1, 0.15) is 5.01 Å². The summed E-state index contributed by atoms with van der Waals surface area (Å²) in [7, 11) is 0. The second-order valence-corrected chi connectivity index (χ2v) is 9.23. The maximum absolute atomic E-state index is 12.8. The van der Waals surface area contributed by atoms with Crippen molar-refractivity contribution in [1.29, 1.82) is 0 Å². The number of thiazole rings is 1. The number of hydrogen-bond donors (Lipinski definition) is 0. The van der Waals surface area contributed by atoms with Gasteiger partial charge >= 0.3 is 0 Å². The number of rotatable bonds is 5. The number of imide groups is 1. The number of fused-ring (bicyclic) bond motifs is 2. The Hall–Kier alpha value is -3.10. The Balaban J connectivity index is 1.15. The standard InChI is InChI=1S/C24H24N4O3S/c1-16(22-25-19-8-4-5-9-20(19)32-22)26-12-14-27(15-13-26)21(29)10-11-28-23(30)17-6-2-3-7-18(17)24(28)31/h2-9,16H,10-15H2,1H3. The Kier molecular flexibility index (Phi) is 5.48. The van der Waals surface area contributed by atoms with E-state index >= 15 is 0 Å². The van der Waals surface area contributed by atoms with Crippen LogP contribution >= 0.6 is 11.3 Å². The lowest BCUT2D eigenvalue weighted by Gasteiger charge is -2.37. The molecule has 0 spiro atoms. The summed E-state index contributed by atoms with van der Waals surface area (Å²) >= 11 is 1.72. The molecule has 1 atom stereocenters. The topological polar surface area (TPSA) is 73.8 Å². The summed E-state index contributed by atoms with van der Waals surface area (Å²) in [6.45, 7) is 5.10. The number of piperazine rings is 1. The van der Waals surface area contributed by atoms with Crippen molar-refractivity contribution in [2.24, 2.45) is 0 Å². The molecule has 2 aromatic carbocycles. The molecule has 2 aliphatic heterocycles. The number of nitrogens with zero attached hydrogens (tertiary/aromatic N) is 4. The second kappa shape index (κ2) is 8.44. The first kappa shape index (κ1) is 20.8. The average Bonchev–Trinajstić information content (AvgIpc) is 3.37. The van der Waals surface area contributed by atoms with E-state index in [-0.39, 0.29) is 36.7 Å². The van der Waals surface area contributed by atoms with E-state index in [1.807, 2.05) is 23.1 Å². The summed E-state index contributed by atoms with van der Waals surface area (Å²) in [5.74, 6) is -0.644. The van der Waals surface area contributed by atoms with Crippen molar-refractivity contribution in [3.63, 3.8) is 0 Å². The minimum absolute atomic E-state index is 0.0196. The number of hydrogen-bond acceptors (Lipinski definition) is 6. The Labute approximate surface area is 190 Å². The second-order valence-electron chi connectivity index (χ2n) is 8.17. The lowest BCUT2D eigenvalue weighted by Crippen LogP contribution is -2.49. The third-order valence-corrected chi connectivity index (χ3v) is 7.52. The van der Waals surface area contributed by atoms with Crippen molar-refractivity contribution in [3.8, 4) is 0 Å². The van der Waals surface area contributed by atoms with Gasteiger partial charge in [0.05, 0.1) is 27.4 Å². The van der Waals surface area contributed by atoms with Gasteiger partial charge in [-0.1, -0.05) is 24.3 Å². The van der Waals surface area contributed by atoms with E-state index in [0.717, 1.165) is 23.6 Å². The minimum Gasteiger partial charge on any atom is -0.340 e. The number of carbonyl (C=O) groups excluding carboxylic acids is 3. The summed E-state index contributed by atoms with van der Waals surface area (Å²) in [6.07, 6.45) is 0.152. The predicted molar refractivity (Wildman–Crippen MR) is 123 cm³/mol. The molecule has 0 radical (unpaired) electrons. The van der Waals surface area contributed by atoms with Crippen LogP contribution in [-0.2, 0) is 4.79 Å². The van der Waals surface area contributed by atoms with E-state index in [1.54, 1.807) is 35.6 Å². The summed E-state index contributed by atoms with van der Waals surface area (Å²) in [6, 6.07) is 15.2. The van der Waals surface area contributed by atoms with Crippen LogP contribution in [-0.4, -0.2) is 70.1 Å². The number of carbonyl (C=O) groups is 3. The number of benzene rings is 2. The van der Waals surface area contributed by atoms with Gasteiger partial charge in [-0.15, -0.1) is 11.3 Å². The average molecular weight is 449 g/mol. The predicted octanol–water partition coefficient (Wildman–Crippen LogP) is 3.19. The molecular weight excluding hydrogens is 424 g/mol. The molecule has 2 aliphatic rings. The van der Waals surface area contributed by atoms with E-state index in [4.69, 9.17) is 4.98 Å². The lowest BCUT2D eigenvalue weighted by molar-refractivity contribution is -0.133. The fourth-order valence-corrected chi connectivity index (χ4v) is 5.45. The van der Waals surface area contributed by atoms with Crippen LogP contribution in [0.5, 0.6) is 0 Å². The molecule has 1 fully saturated rings. The Bertz CT molecular complexity index is 1130. The zero-order valence-corrected chi connectivity index (χ0v) is 18.7. The summed E-state index contributed by atoms with van der Waals surface area (Å²) < 4.78 is 1.19. The highest BCUT2D eigenvalue weighted by Crippen LogP contribution is 2.30. The molecule has 5 rings (SSSR count). The maximum atomic E-state index is 12.8. The van der Waals surface area contributed by atoms with Crippen LogP contribution in [0.4, 0.5) is 0 Å². The molecule has 0 bridgehead atoms. The van der Waals surface area contributed by atoms with Crippen LogP contribution in [0.2, 0.25) is 0 Å². The monoisotopic (exact) mass is 448 g/mol. The molecule has 0 saturated carbocycles. The van der Waals surface area contributed by atoms with Crippen molar-refractivity contribution in [3.05, 3.63) is 64.7 Å². The normalized spacial score (nSPS) is 17.8. The number of amides is 3. The highest BCUT2D eigenvalue weighted by atomic mass is 32.1. The van der Waals surface area contributed by atoms with E-state index in [0.29, 0.717) is 24.2 Å². The van der Waals surface area contributed by atoms with Gasteiger partial charge in [0.25, 0.3) is 11.8 Å². The molecular formula is C24H24N4O3S. The molecule has 3 aromatic rings. The van der Waals surface area contributed by atoms with Gasteiger partial charge in [0, 0.05) is 39.1 Å². The summed E-state index contributed by atoms with van der Waals surface area (Å²) in [5.41, 5.74) is 1.87. The highest BCUT2D eigenvalue weighted by molar-refractivity contribution is 7.18. The molecule has 3 amide bonds. The third-order valence-electron chi connectivity index (χ3n) is 6.31. The first-order valence-corrected chi connectivity index (χ1v) is 11.7. The van der Waals surface area contributed by atoms with Crippen LogP contribution in [0.15, 0.2) is 48.5 Å². The third kappa shape index (κ3) is 3.69. The van der Waals surface area contributed by atoms with Crippen LogP contribution in [0.3, 0.4) is 0 Å². The largest absolute Gasteiger partial charge is 0.340 e. The van der Waals surface area contributed by atoms with Crippen molar-refractivity contribution < 1.29 is 14.4 Å². The smallest absolute Gasteiger partial charge is 0.261 e. The number of para-hydroxylation sites is 1. The van der Waals surface area contributed by atoms with Crippen molar-refractivity contribution >= 4 is 39.3 Å². The van der Waals surface area contributed by atoms with Gasteiger partial charge in [-0.05, 0) is 31.2 Å². The van der Waals surface area contributed by atoms with Gasteiger partial charge in [-0.3, -0.25) is 24.2 Å². The Morgan fingerprint density at radius 1 is 0.969 bits per heavy atom. The van der Waals surface area contributed by atoms with Gasteiger partial charge in [-0.25, -0.2) is 4.98 Å². The SMILES string of the molecule is CC(c1nc2ccccc2s1)N1CCN(C(=O)CCN2C(=O)c3ccccc3C2=O)CC1. The fraction of sp³-hybridized carbons (Fsp3) is 0.333. The zero-order chi connectivity index (χ0) is 22.2. The molecule has 8 heteroatoms. The van der Waals surface area contributed by atoms with Gasteiger partial charge in [0.2, 0.25) is 5.91 Å². The maximum Gasteiger partial charge on any atom is 0.261 e. The van der Waals surface area contributed by atoms with Crippen LogP contribution < -0.4 is 0 Å². The van der Waals surface area contributed by atoms with Crippen molar-refractivity contribution in [2.75, 3.05) is 32.7 Å². The van der Waals surface area contributed by atoms with Gasteiger partial charge in [0.15, 0.2) is 0 Å². The van der Waals surface area contributed by atoms with Crippen LogP contribution in [0.25, 0.3) is 10.2 Å². The number of aromatic nitrogens is 1. The van der Waals surface area contributed by atoms with Gasteiger partial charge < -0.3 is 4.90 Å². The fourth-order valence-electron chi connectivity index (χ4n) is 4.39. The molecule has 32 heavy (non-hydrogen) atoms. The lowest BCUT2D eigenvalue weighted by atomic mass is 10.1. The molecule has 3 heterocycles. The van der Waals surface area contributed by atoms with E-state index in [9.17, 15) is 14.4 Å². The molecule has 0 aliphatic carbocycles. The molecule has 7 nitrogen and oxygen atoms in total. The van der Waals surface area contributed by atoms with Gasteiger partial charge in [-0.2, -0.15) is 0 Å². The highest BCUT2D eigenvalue weighted by Gasteiger charge is 2.35. The zero-order valence-electron chi connectivity index (χ0n) is 17.9. The summed E-state index contributed by atoms with van der Waals surface area (Å²) in [4.78, 5) is 47.9. The van der Waals surface area contributed by atoms with E-state index in [1.165, 1.54) is 9.60 Å². The molecule has 1 saturated heterocycles. The van der Waals surface area contributed by atoms with E-state index < -0.39 is 0 Å². The first-order valence-electron chi connectivity index (χ1n) is 10.9. The van der Waals surface area contributed by atoms with Crippen molar-refractivity contribution in [2.45, 2.75) is 19.4 Å². The Morgan fingerprint density at radius 2 is 1.59 bits per heavy atom. The Morgan fingerprint density at radius 3 is 2.25 bits per heavy atom. The van der Waals surface area contributed by atoms with E-state index in [2.05, 4.69) is 17.9 Å². The molecule has 1 aromatic heterocycles. The molecule has 0 N–H and O–H groups in total. The summed E-state index contributed by atoms with van der Waals surface area (Å²) in [5, 5.41) is 1.09. The van der Waals surface area contributed by atoms with Crippen LogP contribution in [0, 0.1) is 0 Å².